The Hall–Kier alpha value is -1.34. The van der Waals surface area contributed by atoms with Crippen molar-refractivity contribution in [2.24, 2.45) is 41.4 Å². The van der Waals surface area contributed by atoms with Gasteiger partial charge in [0, 0.05) is 0 Å². The molecule has 5 unspecified atom stereocenters. The molecule has 4 rings (SSSR count). The van der Waals surface area contributed by atoms with E-state index in [2.05, 4.69) is 9.88 Å². The predicted molar refractivity (Wildman–Crippen MR) is 142 cm³/mol. The van der Waals surface area contributed by atoms with Crippen LogP contribution in [0.2, 0.25) is 0 Å². The van der Waals surface area contributed by atoms with Crippen LogP contribution >= 0.6 is 0 Å². The third kappa shape index (κ3) is 9.34. The number of esters is 1. The summed E-state index contributed by atoms with van der Waals surface area (Å²) in [6.07, 6.45) is 14.4. The minimum Gasteiger partial charge on any atom is -0.481 e. The van der Waals surface area contributed by atoms with Crippen LogP contribution in [0, 0.1) is 35.5 Å². The molecule has 5 atom stereocenters. The molecule has 11 nitrogen and oxygen atoms in total. The van der Waals surface area contributed by atoms with E-state index in [9.17, 15) is 14.7 Å². The van der Waals surface area contributed by atoms with Gasteiger partial charge in [-0.2, -0.15) is 5.90 Å². The number of nitrogens with two attached hydrogens (primary N) is 1. The van der Waals surface area contributed by atoms with Crippen LogP contribution in [0.5, 0.6) is 0 Å². The molecule has 0 aliphatic heterocycles. The fraction of sp³-hybridized carbons (Fsp3) is 0.931. The van der Waals surface area contributed by atoms with E-state index in [-0.39, 0.29) is 18.6 Å². The van der Waals surface area contributed by atoms with Crippen LogP contribution in [0.1, 0.15) is 103 Å². The molecule has 0 aromatic carbocycles. The predicted octanol–water partition coefficient (Wildman–Crippen LogP) is 4.97. The van der Waals surface area contributed by atoms with Gasteiger partial charge < -0.3 is 9.84 Å². The van der Waals surface area contributed by atoms with Crippen molar-refractivity contribution in [2.75, 3.05) is 13.2 Å². The molecule has 0 saturated heterocycles. The van der Waals surface area contributed by atoms with Crippen LogP contribution in [-0.2, 0) is 38.9 Å². The lowest BCUT2D eigenvalue weighted by Gasteiger charge is -2.35. The molecule has 4 saturated carbocycles. The molecule has 4 aliphatic rings. The van der Waals surface area contributed by atoms with Crippen LogP contribution in [0.15, 0.2) is 0 Å². The SMILES string of the molecule is NOOC1CCC(C(=O)O)C(C(=O)OC2CCC(CC3CCC(OOCC4CCCCC4COO)CC3)CC2)C1. The van der Waals surface area contributed by atoms with E-state index in [1.165, 1.54) is 19.3 Å². The molecule has 0 aromatic rings. The van der Waals surface area contributed by atoms with Gasteiger partial charge in [-0.15, -0.1) is 4.99 Å². The molecule has 40 heavy (non-hydrogen) atoms. The van der Waals surface area contributed by atoms with Crippen molar-refractivity contribution in [1.29, 1.82) is 0 Å². The van der Waals surface area contributed by atoms with Crippen molar-refractivity contribution in [3.8, 4) is 0 Å². The summed E-state index contributed by atoms with van der Waals surface area (Å²) in [4.78, 5) is 49.7. The summed E-state index contributed by atoms with van der Waals surface area (Å²) in [5, 5.41) is 18.4. The molecule has 0 radical (unpaired) electrons. The zero-order valence-electron chi connectivity index (χ0n) is 23.7. The van der Waals surface area contributed by atoms with Crippen molar-refractivity contribution in [3.63, 3.8) is 0 Å². The Morgan fingerprint density at radius 3 is 1.90 bits per heavy atom. The van der Waals surface area contributed by atoms with E-state index in [0.29, 0.717) is 49.7 Å². The minimum atomic E-state index is -0.976. The standard InChI is InChI=1S/C29H49NO10/c30-40-39-25-13-14-26(28(31)32)27(16-25)29(33)37-23-9-5-19(6-10-23)15-20-7-11-24(12-8-20)38-36-18-22-4-2-1-3-21(22)17-35-34/h19-27,34H,1-18,30H2,(H,31,32). The van der Waals surface area contributed by atoms with E-state index in [4.69, 9.17) is 30.6 Å². The van der Waals surface area contributed by atoms with Gasteiger partial charge in [0.2, 0.25) is 0 Å². The summed E-state index contributed by atoms with van der Waals surface area (Å²) in [6, 6.07) is 0. The Labute approximate surface area is 237 Å². The fourth-order valence-corrected chi connectivity index (χ4v) is 7.57. The summed E-state index contributed by atoms with van der Waals surface area (Å²) in [5.74, 6) is 4.10. The van der Waals surface area contributed by atoms with Crippen molar-refractivity contribution >= 4 is 11.9 Å². The number of ether oxygens (including phenoxy) is 1. The Balaban J connectivity index is 1.10. The van der Waals surface area contributed by atoms with E-state index in [1.807, 2.05) is 0 Å². The normalized spacial score (nSPS) is 37.1. The summed E-state index contributed by atoms with van der Waals surface area (Å²) >= 11 is 0. The highest BCUT2D eigenvalue weighted by Crippen LogP contribution is 2.38. The molecule has 11 heteroatoms. The molecule has 4 N–H and O–H groups in total. The monoisotopic (exact) mass is 571 g/mol. The maximum atomic E-state index is 12.9. The summed E-state index contributed by atoms with van der Waals surface area (Å²) in [6.45, 7) is 0.937. The molecule has 0 aromatic heterocycles. The number of hydrogen-bond acceptors (Lipinski definition) is 10. The largest absolute Gasteiger partial charge is 0.481 e. The van der Waals surface area contributed by atoms with Gasteiger partial charge in [0.05, 0.1) is 37.3 Å². The molecule has 230 valence electrons. The maximum Gasteiger partial charge on any atom is 0.310 e. The van der Waals surface area contributed by atoms with E-state index < -0.39 is 29.9 Å². The first-order valence-corrected chi connectivity index (χ1v) is 15.5. The van der Waals surface area contributed by atoms with Crippen LogP contribution in [0.25, 0.3) is 0 Å². The number of rotatable bonds is 13. The lowest BCUT2D eigenvalue weighted by Crippen LogP contribution is -2.41. The van der Waals surface area contributed by atoms with Crippen LogP contribution < -0.4 is 5.90 Å². The molecule has 0 bridgehead atoms. The second-order valence-corrected chi connectivity index (χ2v) is 12.6. The lowest BCUT2D eigenvalue weighted by atomic mass is 9.76. The zero-order valence-corrected chi connectivity index (χ0v) is 23.7. The second kappa shape index (κ2) is 16.3. The van der Waals surface area contributed by atoms with Gasteiger partial charge in [0.25, 0.3) is 0 Å². The van der Waals surface area contributed by atoms with Gasteiger partial charge in [0.1, 0.15) is 6.10 Å². The Kier molecular flexibility index (Phi) is 12.9. The van der Waals surface area contributed by atoms with E-state index in [0.717, 1.165) is 64.2 Å². The first-order chi connectivity index (χ1) is 19.5. The van der Waals surface area contributed by atoms with Crippen molar-refractivity contribution in [1.82, 2.24) is 0 Å². The molecule has 0 amide bonds. The summed E-state index contributed by atoms with van der Waals surface area (Å²) < 4.78 is 5.81. The number of carboxylic acids is 1. The molecule has 4 aliphatic carbocycles. The first-order valence-electron chi connectivity index (χ1n) is 15.5. The highest BCUT2D eigenvalue weighted by atomic mass is 17.3. The molecule has 0 spiro atoms. The first kappa shape index (κ1) is 31.6. The highest BCUT2D eigenvalue weighted by Gasteiger charge is 2.42. The average molecular weight is 572 g/mol. The van der Waals surface area contributed by atoms with Crippen molar-refractivity contribution < 1.29 is 49.2 Å². The molecular formula is C29H49NO10. The fourth-order valence-electron chi connectivity index (χ4n) is 7.57. The smallest absolute Gasteiger partial charge is 0.310 e. The number of hydrogen-bond donors (Lipinski definition) is 3. The molecule has 0 heterocycles. The van der Waals surface area contributed by atoms with Gasteiger partial charge >= 0.3 is 11.9 Å². The molecule has 4 fully saturated rings. The van der Waals surface area contributed by atoms with Crippen molar-refractivity contribution in [2.45, 2.75) is 121 Å². The second-order valence-electron chi connectivity index (χ2n) is 12.6. The van der Waals surface area contributed by atoms with E-state index >= 15 is 0 Å². The Bertz CT molecular complexity index is 766. The van der Waals surface area contributed by atoms with Crippen LogP contribution in [-0.4, -0.2) is 53.8 Å². The lowest BCUT2D eigenvalue weighted by molar-refractivity contribution is -0.339. The maximum absolute atomic E-state index is 12.9. The van der Waals surface area contributed by atoms with Crippen LogP contribution in [0.4, 0.5) is 0 Å². The Morgan fingerprint density at radius 2 is 1.30 bits per heavy atom. The van der Waals surface area contributed by atoms with Gasteiger partial charge in [-0.3, -0.25) is 14.8 Å². The molecular weight excluding hydrogens is 522 g/mol. The highest BCUT2D eigenvalue weighted by molar-refractivity contribution is 5.81. The zero-order chi connectivity index (χ0) is 28.3. The summed E-state index contributed by atoms with van der Waals surface area (Å²) in [5.41, 5.74) is 0. The van der Waals surface area contributed by atoms with Crippen molar-refractivity contribution in [3.05, 3.63) is 0 Å². The topological polar surface area (TPSA) is 156 Å². The third-order valence-electron chi connectivity index (χ3n) is 9.99. The van der Waals surface area contributed by atoms with Gasteiger partial charge in [-0.05, 0) is 114 Å². The number of aliphatic carboxylic acids is 1. The van der Waals surface area contributed by atoms with Gasteiger partial charge in [-0.25, -0.2) is 19.6 Å². The quantitative estimate of drug-likeness (QED) is 0.156. The number of carbonyl (C=O) groups is 2. The van der Waals surface area contributed by atoms with Gasteiger partial charge in [-0.1, -0.05) is 12.8 Å². The minimum absolute atomic E-state index is 0.151. The average Bonchev–Trinajstić information content (AvgIpc) is 2.96. The Morgan fingerprint density at radius 1 is 0.700 bits per heavy atom. The van der Waals surface area contributed by atoms with Gasteiger partial charge in [0.15, 0.2) is 0 Å². The van der Waals surface area contributed by atoms with Crippen LogP contribution in [0.3, 0.4) is 0 Å². The number of carboxylic acid groups (broad SMARTS) is 1. The number of carbonyl (C=O) groups excluding carboxylic acids is 1. The summed E-state index contributed by atoms with van der Waals surface area (Å²) in [7, 11) is 0. The van der Waals surface area contributed by atoms with E-state index in [1.54, 1.807) is 0 Å². The third-order valence-corrected chi connectivity index (χ3v) is 9.99.